The number of methoxy groups -OCH3 is 1. The van der Waals surface area contributed by atoms with Gasteiger partial charge in [-0.1, -0.05) is 0 Å². The first-order chi connectivity index (χ1) is 9.02. The number of anilines is 1. The zero-order valence-corrected chi connectivity index (χ0v) is 10.2. The molecule has 1 aromatic rings. The molecule has 8 nitrogen and oxygen atoms in total. The summed E-state index contributed by atoms with van der Waals surface area (Å²) in [4.78, 5) is 36.4. The van der Waals surface area contributed by atoms with Crippen LogP contribution in [-0.2, 0) is 9.53 Å². The number of hydrogen-bond donors (Lipinski definition) is 3. The fourth-order valence-corrected chi connectivity index (χ4v) is 1.15. The maximum atomic E-state index is 11.4. The molecule has 2 amide bonds. The molecule has 0 aromatic carbocycles. The smallest absolute Gasteiger partial charge is 0.354 e. The normalized spacial score (nSPS) is 9.53. The molecule has 0 spiro atoms. The first kappa shape index (κ1) is 14.4. The first-order valence-electron chi connectivity index (χ1n) is 5.34. The summed E-state index contributed by atoms with van der Waals surface area (Å²) in [7, 11) is 1.26. The summed E-state index contributed by atoms with van der Waals surface area (Å²) in [5.41, 5.74) is 0.234. The Balaban J connectivity index is 2.40. The quantitative estimate of drug-likeness (QED) is 0.667. The Morgan fingerprint density at radius 3 is 2.63 bits per heavy atom. The van der Waals surface area contributed by atoms with Crippen LogP contribution in [0.5, 0.6) is 0 Å². The third-order valence-corrected chi connectivity index (χ3v) is 2.08. The highest BCUT2D eigenvalue weighted by Gasteiger charge is 2.06. The van der Waals surface area contributed by atoms with E-state index in [0.29, 0.717) is 5.69 Å². The number of carbonyl (C=O) groups is 3. The number of nitrogens with one attached hydrogen (secondary N) is 2. The minimum Gasteiger partial charge on any atom is -0.477 e. The maximum absolute atomic E-state index is 11.4. The molecule has 102 valence electrons. The number of urea groups is 1. The highest BCUT2D eigenvalue weighted by Crippen LogP contribution is 2.05. The van der Waals surface area contributed by atoms with Crippen molar-refractivity contribution in [3.63, 3.8) is 0 Å². The van der Waals surface area contributed by atoms with Crippen molar-refractivity contribution in [1.82, 2.24) is 10.3 Å². The SMILES string of the molecule is COC(=O)CCNC(=O)Nc1ccc(C(=O)O)nc1. The minimum absolute atomic E-state index is 0.0696. The molecular formula is C11H13N3O5. The molecule has 19 heavy (non-hydrogen) atoms. The number of ether oxygens (including phenoxy) is 1. The Morgan fingerprint density at radius 2 is 2.11 bits per heavy atom. The average molecular weight is 267 g/mol. The van der Waals surface area contributed by atoms with E-state index in [1.54, 1.807) is 0 Å². The van der Waals surface area contributed by atoms with Crippen LogP contribution >= 0.6 is 0 Å². The summed E-state index contributed by atoms with van der Waals surface area (Å²) in [5.74, 6) is -1.57. The maximum Gasteiger partial charge on any atom is 0.354 e. The Bertz CT molecular complexity index is 472. The van der Waals surface area contributed by atoms with Gasteiger partial charge in [0.25, 0.3) is 0 Å². The summed E-state index contributed by atoms with van der Waals surface area (Å²) >= 11 is 0. The van der Waals surface area contributed by atoms with Crippen molar-refractivity contribution in [1.29, 1.82) is 0 Å². The number of carboxylic acids is 1. The average Bonchev–Trinajstić information content (AvgIpc) is 2.39. The molecule has 1 heterocycles. The van der Waals surface area contributed by atoms with Crippen LogP contribution < -0.4 is 10.6 Å². The van der Waals surface area contributed by atoms with Crippen LogP contribution in [0.1, 0.15) is 16.9 Å². The van der Waals surface area contributed by atoms with Crippen LogP contribution in [-0.4, -0.2) is 41.7 Å². The molecule has 1 rings (SSSR count). The first-order valence-corrected chi connectivity index (χ1v) is 5.34. The molecule has 0 aliphatic rings. The Morgan fingerprint density at radius 1 is 1.37 bits per heavy atom. The molecule has 0 atom stereocenters. The number of carbonyl (C=O) groups excluding carboxylic acids is 2. The molecule has 0 radical (unpaired) electrons. The van der Waals surface area contributed by atoms with Gasteiger partial charge in [0.05, 0.1) is 25.4 Å². The second kappa shape index (κ2) is 6.94. The lowest BCUT2D eigenvalue weighted by molar-refractivity contribution is -0.140. The standard InChI is InChI=1S/C11H13N3O5/c1-19-9(15)4-5-12-11(18)14-7-2-3-8(10(16)17)13-6-7/h2-3,6H,4-5H2,1H3,(H,16,17)(H2,12,14,18). The zero-order chi connectivity index (χ0) is 14.3. The van der Waals surface area contributed by atoms with Gasteiger partial charge in [0.2, 0.25) is 0 Å². The lowest BCUT2D eigenvalue weighted by Crippen LogP contribution is -2.30. The molecule has 1 aromatic heterocycles. The van der Waals surface area contributed by atoms with Crippen molar-refractivity contribution < 1.29 is 24.2 Å². The van der Waals surface area contributed by atoms with Gasteiger partial charge in [0.15, 0.2) is 0 Å². The van der Waals surface area contributed by atoms with Gasteiger partial charge in [-0.15, -0.1) is 0 Å². The van der Waals surface area contributed by atoms with Gasteiger partial charge < -0.3 is 20.5 Å². The van der Waals surface area contributed by atoms with Gasteiger partial charge in [0.1, 0.15) is 5.69 Å². The van der Waals surface area contributed by atoms with Gasteiger partial charge in [-0.25, -0.2) is 14.6 Å². The number of esters is 1. The van der Waals surface area contributed by atoms with Gasteiger partial charge in [-0.05, 0) is 12.1 Å². The van der Waals surface area contributed by atoms with E-state index in [2.05, 4.69) is 20.4 Å². The van der Waals surface area contributed by atoms with Gasteiger partial charge in [0, 0.05) is 6.54 Å². The van der Waals surface area contributed by atoms with E-state index in [0.717, 1.165) is 0 Å². The number of carboxylic acid groups (broad SMARTS) is 1. The minimum atomic E-state index is -1.14. The third kappa shape index (κ3) is 5.02. The number of aromatic carboxylic acids is 1. The zero-order valence-electron chi connectivity index (χ0n) is 10.2. The van der Waals surface area contributed by atoms with E-state index < -0.39 is 18.0 Å². The fraction of sp³-hybridized carbons (Fsp3) is 0.273. The second-order valence-corrected chi connectivity index (χ2v) is 3.44. The molecule has 0 saturated carbocycles. The molecule has 0 fully saturated rings. The van der Waals surface area contributed by atoms with E-state index >= 15 is 0 Å². The Kier molecular flexibility index (Phi) is 5.27. The number of aromatic nitrogens is 1. The Hall–Kier alpha value is -2.64. The Labute approximate surface area is 108 Å². The van der Waals surface area contributed by atoms with Crippen LogP contribution in [0.4, 0.5) is 10.5 Å². The van der Waals surface area contributed by atoms with Crippen molar-refractivity contribution in [2.75, 3.05) is 19.0 Å². The van der Waals surface area contributed by atoms with E-state index in [1.165, 1.54) is 25.4 Å². The molecule has 0 bridgehead atoms. The number of nitrogens with zero attached hydrogens (tertiary/aromatic N) is 1. The van der Waals surface area contributed by atoms with Crippen LogP contribution in [0.3, 0.4) is 0 Å². The molecule has 0 unspecified atom stereocenters. The van der Waals surface area contributed by atoms with E-state index in [1.807, 2.05) is 0 Å². The monoisotopic (exact) mass is 267 g/mol. The van der Waals surface area contributed by atoms with Crippen LogP contribution in [0.2, 0.25) is 0 Å². The van der Waals surface area contributed by atoms with Crippen molar-refractivity contribution in [2.24, 2.45) is 0 Å². The summed E-state index contributed by atoms with van der Waals surface area (Å²) in [6.45, 7) is 0.138. The number of hydrogen-bond acceptors (Lipinski definition) is 5. The lowest BCUT2D eigenvalue weighted by Gasteiger charge is -2.06. The number of pyridine rings is 1. The molecular weight excluding hydrogens is 254 g/mol. The number of rotatable bonds is 5. The highest BCUT2D eigenvalue weighted by atomic mass is 16.5. The summed E-state index contributed by atoms with van der Waals surface area (Å²) in [5, 5.41) is 13.5. The topological polar surface area (TPSA) is 118 Å². The van der Waals surface area contributed by atoms with Crippen molar-refractivity contribution in [2.45, 2.75) is 6.42 Å². The van der Waals surface area contributed by atoms with E-state index in [4.69, 9.17) is 5.11 Å². The predicted octanol–water partition coefficient (Wildman–Crippen LogP) is 0.464. The molecule has 8 heteroatoms. The fourth-order valence-electron chi connectivity index (χ4n) is 1.15. The van der Waals surface area contributed by atoms with E-state index in [9.17, 15) is 14.4 Å². The largest absolute Gasteiger partial charge is 0.477 e. The second-order valence-electron chi connectivity index (χ2n) is 3.44. The molecule has 0 saturated heterocycles. The predicted molar refractivity (Wildman–Crippen MR) is 64.9 cm³/mol. The molecule has 3 N–H and O–H groups in total. The lowest BCUT2D eigenvalue weighted by atomic mass is 10.3. The van der Waals surface area contributed by atoms with Crippen LogP contribution in [0.15, 0.2) is 18.3 Å². The molecule has 0 aliphatic heterocycles. The van der Waals surface area contributed by atoms with Crippen molar-refractivity contribution in [3.05, 3.63) is 24.0 Å². The summed E-state index contributed by atoms with van der Waals surface area (Å²) in [6, 6.07) is 2.16. The summed E-state index contributed by atoms with van der Waals surface area (Å²) in [6.07, 6.45) is 1.30. The van der Waals surface area contributed by atoms with Gasteiger partial charge >= 0.3 is 18.0 Å². The van der Waals surface area contributed by atoms with Crippen LogP contribution in [0.25, 0.3) is 0 Å². The van der Waals surface area contributed by atoms with E-state index in [-0.39, 0.29) is 18.7 Å². The molecule has 0 aliphatic carbocycles. The van der Waals surface area contributed by atoms with Crippen molar-refractivity contribution >= 4 is 23.7 Å². The summed E-state index contributed by atoms with van der Waals surface area (Å²) < 4.78 is 4.41. The number of amides is 2. The highest BCUT2D eigenvalue weighted by molar-refractivity contribution is 5.90. The third-order valence-electron chi connectivity index (χ3n) is 2.08. The van der Waals surface area contributed by atoms with Crippen molar-refractivity contribution in [3.8, 4) is 0 Å². The van der Waals surface area contributed by atoms with Crippen LogP contribution in [0, 0.1) is 0 Å². The van der Waals surface area contributed by atoms with Gasteiger partial charge in [-0.3, -0.25) is 4.79 Å². The van der Waals surface area contributed by atoms with Gasteiger partial charge in [-0.2, -0.15) is 0 Å².